The summed E-state index contributed by atoms with van der Waals surface area (Å²) in [5.41, 5.74) is 0. The Morgan fingerprint density at radius 3 is 1.77 bits per heavy atom. The standard InChI is InChI=1S/C16H16ClFN2O4S2/c17-13-4-6-15(7-5-13)25(21,22)19-8-10-20(11-9-19)26(23,24)16-3-1-2-14(18)12-16/h1-7,12H,8-11H2. The molecule has 0 saturated carbocycles. The largest absolute Gasteiger partial charge is 0.243 e. The fourth-order valence-electron chi connectivity index (χ4n) is 2.68. The molecule has 0 aliphatic carbocycles. The Kier molecular flexibility index (Phi) is 5.36. The van der Waals surface area contributed by atoms with Crippen LogP contribution in [0, 0.1) is 5.82 Å². The highest BCUT2D eigenvalue weighted by Gasteiger charge is 2.33. The van der Waals surface area contributed by atoms with Gasteiger partial charge in [-0.15, -0.1) is 0 Å². The zero-order valence-electron chi connectivity index (χ0n) is 13.5. The van der Waals surface area contributed by atoms with Crippen molar-refractivity contribution in [2.75, 3.05) is 26.2 Å². The van der Waals surface area contributed by atoms with E-state index in [0.29, 0.717) is 5.02 Å². The van der Waals surface area contributed by atoms with Crippen LogP contribution < -0.4 is 0 Å². The molecule has 0 bridgehead atoms. The van der Waals surface area contributed by atoms with Crippen molar-refractivity contribution in [2.24, 2.45) is 0 Å². The summed E-state index contributed by atoms with van der Waals surface area (Å²) in [5, 5.41) is 0.426. The molecule has 1 saturated heterocycles. The maximum absolute atomic E-state index is 13.3. The number of rotatable bonds is 4. The Morgan fingerprint density at radius 1 is 0.769 bits per heavy atom. The average molecular weight is 419 g/mol. The van der Waals surface area contributed by atoms with Gasteiger partial charge in [-0.05, 0) is 42.5 Å². The van der Waals surface area contributed by atoms with Crippen molar-refractivity contribution in [3.63, 3.8) is 0 Å². The molecule has 26 heavy (non-hydrogen) atoms. The molecule has 0 amide bonds. The third kappa shape index (κ3) is 3.77. The summed E-state index contributed by atoms with van der Waals surface area (Å²) >= 11 is 5.78. The van der Waals surface area contributed by atoms with E-state index in [1.54, 1.807) is 0 Å². The molecule has 10 heteroatoms. The van der Waals surface area contributed by atoms with Crippen LogP contribution >= 0.6 is 11.6 Å². The Balaban J connectivity index is 1.75. The van der Waals surface area contributed by atoms with E-state index < -0.39 is 25.9 Å². The van der Waals surface area contributed by atoms with Gasteiger partial charge in [0.05, 0.1) is 9.79 Å². The molecule has 2 aromatic carbocycles. The summed E-state index contributed by atoms with van der Waals surface area (Å²) in [6.45, 7) is 0.0103. The molecule has 0 spiro atoms. The minimum atomic E-state index is -3.87. The van der Waals surface area contributed by atoms with Crippen LogP contribution in [0.4, 0.5) is 4.39 Å². The molecule has 2 aromatic rings. The highest BCUT2D eigenvalue weighted by atomic mass is 35.5. The summed E-state index contributed by atoms with van der Waals surface area (Å²) in [6.07, 6.45) is 0. The van der Waals surface area contributed by atoms with Crippen LogP contribution in [-0.4, -0.2) is 51.6 Å². The number of nitrogens with zero attached hydrogens (tertiary/aromatic N) is 2. The van der Waals surface area contributed by atoms with E-state index in [-0.39, 0.29) is 36.0 Å². The van der Waals surface area contributed by atoms with Crippen LogP contribution in [-0.2, 0) is 20.0 Å². The van der Waals surface area contributed by atoms with Gasteiger partial charge in [-0.1, -0.05) is 17.7 Å². The molecule has 6 nitrogen and oxygen atoms in total. The Hall–Kier alpha value is -1.52. The second kappa shape index (κ2) is 7.24. The molecule has 1 aliphatic rings. The summed E-state index contributed by atoms with van der Waals surface area (Å²) in [5.74, 6) is -0.643. The maximum Gasteiger partial charge on any atom is 0.243 e. The van der Waals surface area contributed by atoms with Gasteiger partial charge in [0.15, 0.2) is 0 Å². The van der Waals surface area contributed by atoms with E-state index >= 15 is 0 Å². The van der Waals surface area contributed by atoms with Crippen molar-refractivity contribution in [1.82, 2.24) is 8.61 Å². The quantitative estimate of drug-likeness (QED) is 0.762. The predicted molar refractivity (Wildman–Crippen MR) is 95.4 cm³/mol. The molecule has 0 aromatic heterocycles. The molecule has 3 rings (SSSR count). The number of sulfonamides is 2. The molecule has 1 aliphatic heterocycles. The molecular formula is C16H16ClFN2O4S2. The Morgan fingerprint density at radius 2 is 1.27 bits per heavy atom. The van der Waals surface area contributed by atoms with Gasteiger partial charge >= 0.3 is 0 Å². The summed E-state index contributed by atoms with van der Waals surface area (Å²) < 4.78 is 66.1. The number of benzene rings is 2. The molecule has 1 fully saturated rings. The zero-order chi connectivity index (χ0) is 18.9. The van der Waals surface area contributed by atoms with E-state index in [9.17, 15) is 21.2 Å². The van der Waals surface area contributed by atoms with E-state index in [0.717, 1.165) is 16.4 Å². The van der Waals surface area contributed by atoms with Gasteiger partial charge < -0.3 is 0 Å². The number of piperazine rings is 1. The lowest BCUT2D eigenvalue weighted by atomic mass is 10.4. The lowest BCUT2D eigenvalue weighted by Crippen LogP contribution is -2.50. The van der Waals surface area contributed by atoms with E-state index in [1.807, 2.05) is 0 Å². The zero-order valence-corrected chi connectivity index (χ0v) is 15.9. The molecule has 0 radical (unpaired) electrons. The summed E-state index contributed by atoms with van der Waals surface area (Å²) in [4.78, 5) is -0.0464. The van der Waals surface area contributed by atoms with Gasteiger partial charge in [0.1, 0.15) is 5.82 Å². The Bertz CT molecular complexity index is 1000. The van der Waals surface area contributed by atoms with Crippen molar-refractivity contribution < 1.29 is 21.2 Å². The fourth-order valence-corrected chi connectivity index (χ4v) is 5.69. The predicted octanol–water partition coefficient (Wildman–Crippen LogP) is 2.17. The second-order valence-corrected chi connectivity index (χ2v) is 10.0. The van der Waals surface area contributed by atoms with E-state index in [2.05, 4.69) is 0 Å². The first kappa shape index (κ1) is 19.2. The summed E-state index contributed by atoms with van der Waals surface area (Å²) in [6, 6.07) is 10.5. The number of hydrogen-bond donors (Lipinski definition) is 0. The second-order valence-electron chi connectivity index (χ2n) is 5.72. The molecular weight excluding hydrogens is 403 g/mol. The van der Waals surface area contributed by atoms with Crippen molar-refractivity contribution >= 4 is 31.6 Å². The van der Waals surface area contributed by atoms with Gasteiger partial charge in [-0.2, -0.15) is 8.61 Å². The van der Waals surface area contributed by atoms with Crippen molar-refractivity contribution in [3.8, 4) is 0 Å². The van der Waals surface area contributed by atoms with Crippen LogP contribution in [0.1, 0.15) is 0 Å². The van der Waals surface area contributed by atoms with Crippen LogP contribution in [0.25, 0.3) is 0 Å². The first-order valence-electron chi connectivity index (χ1n) is 7.73. The third-order valence-electron chi connectivity index (χ3n) is 4.08. The van der Waals surface area contributed by atoms with Crippen LogP contribution in [0.2, 0.25) is 5.02 Å². The molecule has 0 N–H and O–H groups in total. The van der Waals surface area contributed by atoms with Crippen LogP contribution in [0.5, 0.6) is 0 Å². The van der Waals surface area contributed by atoms with Gasteiger partial charge in [0.25, 0.3) is 0 Å². The van der Waals surface area contributed by atoms with Gasteiger partial charge in [-0.3, -0.25) is 0 Å². The third-order valence-corrected chi connectivity index (χ3v) is 8.14. The molecule has 0 unspecified atom stereocenters. The molecule has 0 atom stereocenters. The van der Waals surface area contributed by atoms with Crippen molar-refractivity contribution in [3.05, 3.63) is 59.4 Å². The lowest BCUT2D eigenvalue weighted by Gasteiger charge is -2.33. The minimum Gasteiger partial charge on any atom is -0.207 e. The fraction of sp³-hybridized carbons (Fsp3) is 0.250. The molecule has 140 valence electrons. The SMILES string of the molecule is O=S(=O)(c1ccc(Cl)cc1)N1CCN(S(=O)(=O)c2cccc(F)c2)CC1. The van der Waals surface area contributed by atoms with Crippen molar-refractivity contribution in [1.29, 1.82) is 0 Å². The maximum atomic E-state index is 13.3. The van der Waals surface area contributed by atoms with Crippen LogP contribution in [0.15, 0.2) is 58.3 Å². The number of hydrogen-bond acceptors (Lipinski definition) is 4. The van der Waals surface area contributed by atoms with Gasteiger partial charge in [0.2, 0.25) is 20.0 Å². The van der Waals surface area contributed by atoms with Crippen LogP contribution in [0.3, 0.4) is 0 Å². The van der Waals surface area contributed by atoms with Crippen molar-refractivity contribution in [2.45, 2.75) is 9.79 Å². The monoisotopic (exact) mass is 418 g/mol. The topological polar surface area (TPSA) is 74.8 Å². The average Bonchev–Trinajstić information content (AvgIpc) is 2.62. The smallest absolute Gasteiger partial charge is 0.207 e. The van der Waals surface area contributed by atoms with E-state index in [4.69, 9.17) is 11.6 Å². The number of halogens is 2. The highest BCUT2D eigenvalue weighted by molar-refractivity contribution is 7.89. The molecule has 1 heterocycles. The van der Waals surface area contributed by atoms with Gasteiger partial charge in [-0.25, -0.2) is 21.2 Å². The summed E-state index contributed by atoms with van der Waals surface area (Å²) in [7, 11) is -7.60. The normalized spacial score (nSPS) is 17.3. The van der Waals surface area contributed by atoms with E-state index in [1.165, 1.54) is 40.7 Å². The Labute approximate surface area is 156 Å². The first-order chi connectivity index (χ1) is 12.2. The minimum absolute atomic E-state index is 0.00827. The lowest BCUT2D eigenvalue weighted by molar-refractivity contribution is 0.272. The highest BCUT2D eigenvalue weighted by Crippen LogP contribution is 2.23. The first-order valence-corrected chi connectivity index (χ1v) is 11.0. The van der Waals surface area contributed by atoms with Gasteiger partial charge in [0, 0.05) is 31.2 Å².